The first-order chi connectivity index (χ1) is 5.77. The number of anilines is 1. The third-order valence-corrected chi connectivity index (χ3v) is 0.943. The second-order valence-corrected chi connectivity index (χ2v) is 1.65. The Bertz CT molecular complexity index is 383. The smallest absolute Gasteiger partial charge is 0.240 e. The summed E-state index contributed by atoms with van der Waals surface area (Å²) >= 11 is 0. The number of nitrogens with zero attached hydrogens (tertiary/aromatic N) is 7. The first-order valence-electron chi connectivity index (χ1n) is 2.73. The average Bonchev–Trinajstić information content (AvgIpc) is 2.05. The predicted molar refractivity (Wildman–Crippen MR) is 37.8 cm³/mol. The third kappa shape index (κ3) is 1.36. The number of nitrogen functional groups attached to an aromatic ring is 1. The van der Waals surface area contributed by atoms with E-state index in [1.54, 1.807) is 6.07 Å². The minimum atomic E-state index is -0.200. The van der Waals surface area contributed by atoms with E-state index in [-0.39, 0.29) is 17.5 Å². The Morgan fingerprint density at radius 1 is 1.58 bits per heavy atom. The first-order valence-corrected chi connectivity index (χ1v) is 2.73. The van der Waals surface area contributed by atoms with Gasteiger partial charge in [-0.1, -0.05) is 0 Å². The highest BCUT2D eigenvalue weighted by Crippen LogP contribution is 2.07. The van der Waals surface area contributed by atoms with Crippen LogP contribution in [0.3, 0.4) is 0 Å². The van der Waals surface area contributed by atoms with Crippen molar-refractivity contribution in [2.45, 2.75) is 0 Å². The summed E-state index contributed by atoms with van der Waals surface area (Å²) in [6.45, 7) is 0. The van der Waals surface area contributed by atoms with Crippen LogP contribution in [0.1, 0.15) is 5.69 Å². The number of hydrogen-bond donors (Lipinski definition) is 1. The van der Waals surface area contributed by atoms with Crippen molar-refractivity contribution in [1.29, 1.82) is 5.26 Å². The zero-order valence-electron chi connectivity index (χ0n) is 5.71. The summed E-state index contributed by atoms with van der Waals surface area (Å²) in [5.74, 6) is -0.302. The lowest BCUT2D eigenvalue weighted by molar-refractivity contribution is 0.950. The van der Waals surface area contributed by atoms with Gasteiger partial charge in [0.2, 0.25) is 11.6 Å². The van der Waals surface area contributed by atoms with Gasteiger partial charge in [0.05, 0.1) is 0 Å². The lowest BCUT2D eigenvalue weighted by Crippen LogP contribution is -1.99. The summed E-state index contributed by atoms with van der Waals surface area (Å²) < 4.78 is 0. The summed E-state index contributed by atoms with van der Waals surface area (Å²) in [5, 5.41) is 18.1. The van der Waals surface area contributed by atoms with Crippen LogP contribution in [0, 0.1) is 11.3 Å². The maximum Gasteiger partial charge on any atom is 0.240 e. The van der Waals surface area contributed by atoms with Gasteiger partial charge in [-0.25, -0.2) is 4.98 Å². The Labute approximate surface area is 66.3 Å². The Balaban J connectivity index is 3.20. The van der Waals surface area contributed by atoms with Crippen LogP contribution in [0.25, 0.3) is 10.4 Å². The maximum atomic E-state index is 8.36. The zero-order chi connectivity index (χ0) is 8.97. The van der Waals surface area contributed by atoms with Crippen molar-refractivity contribution in [3.8, 4) is 6.07 Å². The lowest BCUT2D eigenvalue weighted by atomic mass is 10.5. The fourth-order valence-corrected chi connectivity index (χ4v) is 0.491. The van der Waals surface area contributed by atoms with E-state index < -0.39 is 0 Å². The van der Waals surface area contributed by atoms with E-state index in [1.807, 2.05) is 0 Å². The van der Waals surface area contributed by atoms with Crippen LogP contribution < -0.4 is 5.73 Å². The van der Waals surface area contributed by atoms with Gasteiger partial charge in [-0.05, 0) is 10.6 Å². The highest BCUT2D eigenvalue weighted by Gasteiger charge is 2.02. The molecule has 0 aromatic carbocycles. The van der Waals surface area contributed by atoms with Crippen molar-refractivity contribution in [3.63, 3.8) is 0 Å². The summed E-state index contributed by atoms with van der Waals surface area (Å²) in [7, 11) is 0. The monoisotopic (exact) mass is 162 g/mol. The number of azide groups is 1. The Morgan fingerprint density at radius 2 is 2.33 bits per heavy atom. The third-order valence-electron chi connectivity index (χ3n) is 0.943. The standard InChI is InChI=1S/C4H2N8/c5-1-2-3(6)8-4(10-9-2)11-12-7/h(H2,6,8,10). The van der Waals surface area contributed by atoms with E-state index in [9.17, 15) is 0 Å². The van der Waals surface area contributed by atoms with Gasteiger partial charge in [0.25, 0.3) is 0 Å². The summed E-state index contributed by atoms with van der Waals surface area (Å²) in [6, 6.07) is 1.67. The molecular formula is C4H2N8. The molecule has 0 aliphatic carbocycles. The van der Waals surface area contributed by atoms with Crippen molar-refractivity contribution in [1.82, 2.24) is 15.2 Å². The Morgan fingerprint density at radius 3 is 2.83 bits per heavy atom. The van der Waals surface area contributed by atoms with Crippen LogP contribution in [-0.4, -0.2) is 15.2 Å². The van der Waals surface area contributed by atoms with Gasteiger partial charge in [0.1, 0.15) is 6.07 Å². The van der Waals surface area contributed by atoms with Crippen molar-refractivity contribution in [3.05, 3.63) is 16.1 Å². The number of aromatic nitrogens is 3. The molecule has 0 spiro atoms. The molecule has 0 unspecified atom stereocenters. The van der Waals surface area contributed by atoms with E-state index in [0.717, 1.165) is 0 Å². The molecule has 0 aliphatic rings. The van der Waals surface area contributed by atoms with Gasteiger partial charge in [-0.15, -0.1) is 10.2 Å². The van der Waals surface area contributed by atoms with Crippen molar-refractivity contribution in [2.75, 3.05) is 5.73 Å². The molecule has 0 atom stereocenters. The van der Waals surface area contributed by atoms with Gasteiger partial charge in [0, 0.05) is 4.91 Å². The summed E-state index contributed by atoms with van der Waals surface area (Å²) in [5.41, 5.74) is 13.1. The second-order valence-electron chi connectivity index (χ2n) is 1.65. The van der Waals surface area contributed by atoms with Gasteiger partial charge < -0.3 is 5.73 Å². The van der Waals surface area contributed by atoms with Crippen LogP contribution in [0.2, 0.25) is 0 Å². The fourth-order valence-electron chi connectivity index (χ4n) is 0.491. The van der Waals surface area contributed by atoms with Crippen molar-refractivity contribution < 1.29 is 0 Å². The number of nitriles is 1. The SMILES string of the molecule is N#Cc1nnc(N=[N+]=[N-])nc1N. The zero-order valence-corrected chi connectivity index (χ0v) is 5.71. The lowest BCUT2D eigenvalue weighted by Gasteiger charge is -1.92. The highest BCUT2D eigenvalue weighted by atomic mass is 15.3. The molecule has 0 saturated heterocycles. The molecule has 0 amide bonds. The van der Waals surface area contributed by atoms with Gasteiger partial charge in [-0.2, -0.15) is 5.26 Å². The molecule has 1 aromatic rings. The minimum absolute atomic E-state index is 0.0908. The molecular weight excluding hydrogens is 160 g/mol. The maximum absolute atomic E-state index is 8.36. The number of rotatable bonds is 1. The summed E-state index contributed by atoms with van der Waals surface area (Å²) in [6.07, 6.45) is 0. The van der Waals surface area contributed by atoms with Crippen LogP contribution >= 0.6 is 0 Å². The molecule has 0 radical (unpaired) electrons. The van der Waals surface area contributed by atoms with Gasteiger partial charge in [-0.3, -0.25) is 0 Å². The van der Waals surface area contributed by atoms with Crippen LogP contribution in [0.15, 0.2) is 5.11 Å². The summed E-state index contributed by atoms with van der Waals surface area (Å²) in [4.78, 5) is 5.92. The van der Waals surface area contributed by atoms with Gasteiger partial charge in [0.15, 0.2) is 5.82 Å². The Kier molecular flexibility index (Phi) is 2.02. The fraction of sp³-hybridized carbons (Fsp3) is 0. The van der Waals surface area contributed by atoms with E-state index in [2.05, 4.69) is 25.2 Å². The van der Waals surface area contributed by atoms with E-state index in [0.29, 0.717) is 0 Å². The largest absolute Gasteiger partial charge is 0.381 e. The van der Waals surface area contributed by atoms with Crippen LogP contribution in [0.4, 0.5) is 11.8 Å². The normalized spacial score (nSPS) is 8.25. The molecule has 1 rings (SSSR count). The Hall–Kier alpha value is -2.39. The predicted octanol–water partition coefficient (Wildman–Crippen LogP) is 0.267. The molecule has 0 saturated carbocycles. The van der Waals surface area contributed by atoms with E-state index >= 15 is 0 Å². The molecule has 8 nitrogen and oxygen atoms in total. The molecule has 0 fully saturated rings. The average molecular weight is 162 g/mol. The molecule has 1 aromatic heterocycles. The van der Waals surface area contributed by atoms with Crippen LogP contribution in [0.5, 0.6) is 0 Å². The number of nitrogens with two attached hydrogens (primary N) is 1. The second kappa shape index (κ2) is 3.14. The molecule has 58 valence electrons. The first kappa shape index (κ1) is 7.71. The molecule has 12 heavy (non-hydrogen) atoms. The molecule has 0 aliphatic heterocycles. The molecule has 0 bridgehead atoms. The highest BCUT2D eigenvalue weighted by molar-refractivity contribution is 5.43. The van der Waals surface area contributed by atoms with E-state index in [4.69, 9.17) is 16.5 Å². The molecule has 1 heterocycles. The van der Waals surface area contributed by atoms with Crippen molar-refractivity contribution in [2.24, 2.45) is 5.11 Å². The topological polar surface area (TPSA) is 137 Å². The van der Waals surface area contributed by atoms with Crippen LogP contribution in [-0.2, 0) is 0 Å². The van der Waals surface area contributed by atoms with E-state index in [1.165, 1.54) is 0 Å². The molecule has 8 heteroatoms. The molecule has 2 N–H and O–H groups in total. The van der Waals surface area contributed by atoms with Crippen molar-refractivity contribution >= 4 is 11.8 Å². The van der Waals surface area contributed by atoms with Gasteiger partial charge >= 0.3 is 0 Å². The quantitative estimate of drug-likeness (QED) is 0.358. The minimum Gasteiger partial charge on any atom is -0.381 e. The number of hydrogen-bond acceptors (Lipinski definition) is 6.